The molecule has 1 N–H and O–H groups in total. The van der Waals surface area contributed by atoms with Gasteiger partial charge in [0.25, 0.3) is 11.7 Å². The Morgan fingerprint density at radius 3 is 2.51 bits per heavy atom. The van der Waals surface area contributed by atoms with Crippen LogP contribution in [0.2, 0.25) is 0 Å². The molecular weight excluding hydrogens is 468 g/mol. The maximum atomic E-state index is 13.3. The minimum Gasteiger partial charge on any atom is -0.507 e. The first-order chi connectivity index (χ1) is 17.9. The standard InChI is InChI=1S/C30H30N2O5/c1-4-15-36-23-10-8-22(9-11-23)27-26(28(33)25-13-12-24(17-20(25)3)37-16-5-2)29(34)30(35)32(27)19-21-7-6-14-31-18-21/h4,6-14,17-18,27,33H,1,5,15-16,19H2,2-3H3/t27-/m1/s1. The van der Waals surface area contributed by atoms with Gasteiger partial charge in [-0.25, -0.2) is 0 Å². The fourth-order valence-electron chi connectivity index (χ4n) is 4.34. The van der Waals surface area contributed by atoms with Crippen LogP contribution in [0.5, 0.6) is 11.5 Å². The van der Waals surface area contributed by atoms with E-state index in [1.165, 1.54) is 4.90 Å². The zero-order valence-corrected chi connectivity index (χ0v) is 21.0. The van der Waals surface area contributed by atoms with Crippen molar-refractivity contribution >= 4 is 17.4 Å². The Morgan fingerprint density at radius 2 is 1.86 bits per heavy atom. The molecule has 2 heterocycles. The Morgan fingerprint density at radius 1 is 1.11 bits per heavy atom. The van der Waals surface area contributed by atoms with Crippen LogP contribution in [0.3, 0.4) is 0 Å². The summed E-state index contributed by atoms with van der Waals surface area (Å²) in [6.45, 7) is 8.61. The van der Waals surface area contributed by atoms with Gasteiger partial charge in [-0.15, -0.1) is 0 Å². The summed E-state index contributed by atoms with van der Waals surface area (Å²) < 4.78 is 11.3. The molecule has 1 aliphatic heterocycles. The third kappa shape index (κ3) is 5.56. The first kappa shape index (κ1) is 25.7. The van der Waals surface area contributed by atoms with Gasteiger partial charge in [0.15, 0.2) is 0 Å². The van der Waals surface area contributed by atoms with E-state index in [2.05, 4.69) is 11.6 Å². The highest BCUT2D eigenvalue weighted by Gasteiger charge is 2.46. The number of carbonyl (C=O) groups excluding carboxylic acids is 2. The Balaban J connectivity index is 1.79. The van der Waals surface area contributed by atoms with Crippen LogP contribution in [0, 0.1) is 6.92 Å². The fourth-order valence-corrected chi connectivity index (χ4v) is 4.34. The van der Waals surface area contributed by atoms with Crippen LogP contribution in [0.1, 0.15) is 41.6 Å². The highest BCUT2D eigenvalue weighted by molar-refractivity contribution is 6.46. The number of amides is 1. The van der Waals surface area contributed by atoms with E-state index in [0.717, 1.165) is 17.5 Å². The normalized spacial score (nSPS) is 16.6. The van der Waals surface area contributed by atoms with Gasteiger partial charge in [0, 0.05) is 24.5 Å². The molecule has 1 aromatic heterocycles. The number of pyridine rings is 1. The molecule has 37 heavy (non-hydrogen) atoms. The first-order valence-corrected chi connectivity index (χ1v) is 12.2. The lowest BCUT2D eigenvalue weighted by Gasteiger charge is -2.25. The van der Waals surface area contributed by atoms with Crippen molar-refractivity contribution < 1.29 is 24.2 Å². The number of carbonyl (C=O) groups is 2. The molecular formula is C30H30N2O5. The van der Waals surface area contributed by atoms with E-state index in [1.54, 1.807) is 60.9 Å². The second-order valence-corrected chi connectivity index (χ2v) is 8.78. The molecule has 0 radical (unpaired) electrons. The highest BCUT2D eigenvalue weighted by atomic mass is 16.5. The number of ketones is 1. The molecule has 0 spiro atoms. The number of Topliss-reactive ketones (excluding diaryl/α,β-unsaturated/α-hetero) is 1. The predicted octanol–water partition coefficient (Wildman–Crippen LogP) is 5.37. The van der Waals surface area contributed by atoms with Crippen LogP contribution in [0.4, 0.5) is 0 Å². The highest BCUT2D eigenvalue weighted by Crippen LogP contribution is 2.41. The number of nitrogens with zero attached hydrogens (tertiary/aromatic N) is 2. The van der Waals surface area contributed by atoms with Crippen molar-refractivity contribution in [2.75, 3.05) is 13.2 Å². The summed E-state index contributed by atoms with van der Waals surface area (Å²) >= 11 is 0. The number of ether oxygens (including phenoxy) is 2. The van der Waals surface area contributed by atoms with Crippen molar-refractivity contribution in [3.63, 3.8) is 0 Å². The molecule has 0 unspecified atom stereocenters. The largest absolute Gasteiger partial charge is 0.507 e. The Hall–Kier alpha value is -4.39. The Kier molecular flexibility index (Phi) is 8.03. The number of aryl methyl sites for hydroxylation is 1. The lowest BCUT2D eigenvalue weighted by Crippen LogP contribution is -2.29. The van der Waals surface area contributed by atoms with E-state index in [4.69, 9.17) is 9.47 Å². The summed E-state index contributed by atoms with van der Waals surface area (Å²) in [4.78, 5) is 32.2. The van der Waals surface area contributed by atoms with Gasteiger partial charge in [-0.3, -0.25) is 14.6 Å². The van der Waals surface area contributed by atoms with E-state index < -0.39 is 17.7 Å². The summed E-state index contributed by atoms with van der Waals surface area (Å²) in [6.07, 6.45) is 5.83. The average Bonchev–Trinajstić information content (AvgIpc) is 3.16. The van der Waals surface area contributed by atoms with Crippen molar-refractivity contribution in [1.82, 2.24) is 9.88 Å². The number of hydrogen-bond donors (Lipinski definition) is 1. The quantitative estimate of drug-likeness (QED) is 0.175. The third-order valence-electron chi connectivity index (χ3n) is 6.11. The molecule has 1 saturated heterocycles. The number of rotatable bonds is 10. The molecule has 1 amide bonds. The number of aromatic nitrogens is 1. The topological polar surface area (TPSA) is 89.0 Å². The fraction of sp³-hybridized carbons (Fsp3) is 0.233. The predicted molar refractivity (Wildman–Crippen MR) is 141 cm³/mol. The molecule has 4 rings (SSSR count). The van der Waals surface area contributed by atoms with Gasteiger partial charge in [0.2, 0.25) is 0 Å². The maximum Gasteiger partial charge on any atom is 0.295 e. The lowest BCUT2D eigenvalue weighted by molar-refractivity contribution is -0.140. The van der Waals surface area contributed by atoms with Gasteiger partial charge in [0.1, 0.15) is 23.9 Å². The number of hydrogen-bond acceptors (Lipinski definition) is 6. The van der Waals surface area contributed by atoms with Gasteiger partial charge >= 0.3 is 0 Å². The molecule has 2 aromatic carbocycles. The van der Waals surface area contributed by atoms with Gasteiger partial charge in [-0.2, -0.15) is 0 Å². The van der Waals surface area contributed by atoms with Crippen molar-refractivity contribution in [2.24, 2.45) is 0 Å². The first-order valence-electron chi connectivity index (χ1n) is 12.2. The smallest absolute Gasteiger partial charge is 0.295 e. The van der Waals surface area contributed by atoms with E-state index in [1.807, 2.05) is 26.0 Å². The lowest BCUT2D eigenvalue weighted by atomic mass is 9.93. The van der Waals surface area contributed by atoms with E-state index >= 15 is 0 Å². The third-order valence-corrected chi connectivity index (χ3v) is 6.11. The zero-order valence-electron chi connectivity index (χ0n) is 21.0. The Bertz CT molecular complexity index is 1320. The van der Waals surface area contributed by atoms with Crippen LogP contribution in [-0.2, 0) is 16.1 Å². The summed E-state index contributed by atoms with van der Waals surface area (Å²) in [7, 11) is 0. The second kappa shape index (κ2) is 11.6. The SMILES string of the molecule is C=CCOc1ccc([C@@H]2C(=C(O)c3ccc(OCCC)cc3C)C(=O)C(=O)N2Cc2cccnc2)cc1. The summed E-state index contributed by atoms with van der Waals surface area (Å²) in [5.74, 6) is -0.318. The molecule has 1 aliphatic rings. The van der Waals surface area contributed by atoms with E-state index in [0.29, 0.717) is 35.8 Å². The minimum absolute atomic E-state index is 0.0407. The molecule has 3 aromatic rings. The number of benzene rings is 2. The van der Waals surface area contributed by atoms with Crippen LogP contribution in [0.25, 0.3) is 5.76 Å². The van der Waals surface area contributed by atoms with Gasteiger partial charge in [0.05, 0.1) is 18.2 Å². The monoisotopic (exact) mass is 498 g/mol. The van der Waals surface area contributed by atoms with Gasteiger partial charge in [-0.1, -0.05) is 37.8 Å². The van der Waals surface area contributed by atoms with Crippen LogP contribution >= 0.6 is 0 Å². The van der Waals surface area contributed by atoms with E-state index in [9.17, 15) is 14.7 Å². The average molecular weight is 499 g/mol. The number of likely N-dealkylation sites (tertiary alicyclic amines) is 1. The number of aliphatic hydroxyl groups is 1. The van der Waals surface area contributed by atoms with Crippen LogP contribution in [0.15, 0.2) is 85.2 Å². The zero-order chi connectivity index (χ0) is 26.4. The minimum atomic E-state index is -0.788. The van der Waals surface area contributed by atoms with Crippen LogP contribution in [-0.4, -0.2) is 39.9 Å². The molecule has 190 valence electrons. The van der Waals surface area contributed by atoms with Crippen molar-refractivity contribution in [3.8, 4) is 11.5 Å². The summed E-state index contributed by atoms with van der Waals surface area (Å²) in [6, 6.07) is 15.3. The second-order valence-electron chi connectivity index (χ2n) is 8.78. The molecule has 7 nitrogen and oxygen atoms in total. The van der Waals surface area contributed by atoms with Crippen molar-refractivity contribution in [2.45, 2.75) is 32.9 Å². The van der Waals surface area contributed by atoms with Gasteiger partial charge < -0.3 is 19.5 Å². The summed E-state index contributed by atoms with van der Waals surface area (Å²) in [5.41, 5.74) is 2.69. The van der Waals surface area contributed by atoms with Crippen molar-refractivity contribution in [3.05, 3.63) is 107 Å². The maximum absolute atomic E-state index is 13.3. The van der Waals surface area contributed by atoms with E-state index in [-0.39, 0.29) is 17.9 Å². The molecule has 0 saturated carbocycles. The molecule has 7 heteroatoms. The summed E-state index contributed by atoms with van der Waals surface area (Å²) in [5, 5.41) is 11.4. The molecule has 1 fully saturated rings. The molecule has 0 aliphatic carbocycles. The van der Waals surface area contributed by atoms with Crippen molar-refractivity contribution in [1.29, 1.82) is 0 Å². The molecule has 1 atom stereocenters. The van der Waals surface area contributed by atoms with Crippen LogP contribution < -0.4 is 9.47 Å². The van der Waals surface area contributed by atoms with Gasteiger partial charge in [-0.05, 0) is 66.4 Å². The molecule has 0 bridgehead atoms. The number of aliphatic hydroxyl groups excluding tert-OH is 1. The Labute approximate surface area is 216 Å².